The summed E-state index contributed by atoms with van der Waals surface area (Å²) in [4.78, 5) is 2.37. The van der Waals surface area contributed by atoms with Crippen molar-refractivity contribution in [1.29, 1.82) is 5.26 Å². The first-order valence-electron chi connectivity index (χ1n) is 11.5. The standard InChI is InChI=1S/C26H30N2O3/c27-17-22-21(20-4-5-24-25(16-20)31-15-14-30-24)2-1-3-23(22)28-12-7-19(8-13-28)6-9-26(18-29)10-11-26/h1-5,16,19,29H,6-15,18H2. The van der Waals surface area contributed by atoms with Crippen molar-refractivity contribution in [3.8, 4) is 28.7 Å². The minimum absolute atomic E-state index is 0.253. The van der Waals surface area contributed by atoms with Crippen LogP contribution in [-0.4, -0.2) is 38.0 Å². The Balaban J connectivity index is 1.31. The van der Waals surface area contributed by atoms with E-state index >= 15 is 0 Å². The fourth-order valence-electron chi connectivity index (χ4n) is 5.01. The molecule has 1 saturated carbocycles. The zero-order chi connectivity index (χ0) is 21.3. The van der Waals surface area contributed by atoms with Gasteiger partial charge in [-0.1, -0.05) is 18.2 Å². The number of anilines is 1. The van der Waals surface area contributed by atoms with Gasteiger partial charge in [0.2, 0.25) is 0 Å². The summed E-state index contributed by atoms with van der Waals surface area (Å²) in [5.41, 5.74) is 3.94. The van der Waals surface area contributed by atoms with Gasteiger partial charge in [0.1, 0.15) is 19.3 Å². The summed E-state index contributed by atoms with van der Waals surface area (Å²) in [6, 6.07) is 14.5. The van der Waals surface area contributed by atoms with E-state index in [1.807, 2.05) is 30.3 Å². The fraction of sp³-hybridized carbons (Fsp3) is 0.500. The maximum atomic E-state index is 10.0. The lowest BCUT2D eigenvalue weighted by molar-refractivity contribution is 0.171. The normalized spacial score (nSPS) is 19.7. The molecule has 0 atom stereocenters. The predicted octanol–water partition coefficient (Wildman–Crippen LogP) is 4.77. The van der Waals surface area contributed by atoms with Gasteiger partial charge in [0.05, 0.1) is 11.3 Å². The second kappa shape index (κ2) is 8.43. The number of fused-ring (bicyclic) bond motifs is 1. The number of nitrogens with zero attached hydrogens (tertiary/aromatic N) is 2. The minimum atomic E-state index is 0.253. The van der Waals surface area contributed by atoms with Crippen molar-refractivity contribution in [3.05, 3.63) is 42.0 Å². The maximum Gasteiger partial charge on any atom is 0.161 e. The molecule has 31 heavy (non-hydrogen) atoms. The van der Waals surface area contributed by atoms with Gasteiger partial charge in [0.15, 0.2) is 11.5 Å². The number of piperidine rings is 1. The molecule has 2 aromatic rings. The molecular weight excluding hydrogens is 388 g/mol. The summed E-state index contributed by atoms with van der Waals surface area (Å²) in [5, 5.41) is 19.6. The first-order chi connectivity index (χ1) is 15.2. The molecule has 2 heterocycles. The second-order valence-electron chi connectivity index (χ2n) is 9.30. The molecule has 0 bridgehead atoms. The molecule has 2 fully saturated rings. The molecule has 1 N–H and O–H groups in total. The Bertz CT molecular complexity index is 985. The zero-order valence-electron chi connectivity index (χ0n) is 18.0. The van der Waals surface area contributed by atoms with Gasteiger partial charge in [-0.2, -0.15) is 5.26 Å². The first kappa shape index (κ1) is 20.2. The van der Waals surface area contributed by atoms with Gasteiger partial charge >= 0.3 is 0 Å². The largest absolute Gasteiger partial charge is 0.486 e. The van der Waals surface area contributed by atoms with Gasteiger partial charge in [0.25, 0.3) is 0 Å². The Kier molecular flexibility index (Phi) is 5.50. The molecular formula is C26H30N2O3. The Morgan fingerprint density at radius 3 is 2.55 bits per heavy atom. The third-order valence-electron chi connectivity index (χ3n) is 7.34. The van der Waals surface area contributed by atoms with Crippen molar-refractivity contribution in [2.24, 2.45) is 11.3 Å². The van der Waals surface area contributed by atoms with Crippen LogP contribution >= 0.6 is 0 Å². The summed E-state index contributed by atoms with van der Waals surface area (Å²) >= 11 is 0. The molecule has 5 rings (SSSR count). The summed E-state index contributed by atoms with van der Waals surface area (Å²) in [5.74, 6) is 2.24. The topological polar surface area (TPSA) is 65.7 Å². The second-order valence-corrected chi connectivity index (χ2v) is 9.30. The van der Waals surface area contributed by atoms with Gasteiger partial charge in [-0.05, 0) is 73.6 Å². The van der Waals surface area contributed by atoms with Crippen molar-refractivity contribution in [2.75, 3.05) is 37.8 Å². The fourth-order valence-corrected chi connectivity index (χ4v) is 5.01. The summed E-state index contributed by atoms with van der Waals surface area (Å²) in [6.45, 7) is 3.44. The molecule has 0 radical (unpaired) electrons. The van der Waals surface area contributed by atoms with Crippen molar-refractivity contribution >= 4 is 5.69 Å². The van der Waals surface area contributed by atoms with Gasteiger partial charge in [0, 0.05) is 25.3 Å². The van der Waals surface area contributed by atoms with E-state index < -0.39 is 0 Å². The molecule has 0 amide bonds. The van der Waals surface area contributed by atoms with Crippen molar-refractivity contribution in [2.45, 2.75) is 38.5 Å². The van der Waals surface area contributed by atoms with Crippen LogP contribution in [0.4, 0.5) is 5.69 Å². The van der Waals surface area contributed by atoms with Crippen molar-refractivity contribution in [1.82, 2.24) is 0 Å². The molecule has 5 heteroatoms. The molecule has 3 aliphatic rings. The van der Waals surface area contributed by atoms with E-state index in [9.17, 15) is 10.4 Å². The molecule has 2 aliphatic heterocycles. The molecule has 1 aliphatic carbocycles. The molecule has 1 saturated heterocycles. The number of rotatable bonds is 6. The van der Waals surface area contributed by atoms with E-state index in [-0.39, 0.29) is 5.41 Å². The van der Waals surface area contributed by atoms with E-state index in [4.69, 9.17) is 9.47 Å². The van der Waals surface area contributed by atoms with Crippen LogP contribution in [0.5, 0.6) is 11.5 Å². The lowest BCUT2D eigenvalue weighted by atomic mass is 9.87. The molecule has 0 unspecified atom stereocenters. The SMILES string of the molecule is N#Cc1c(-c2ccc3c(c2)OCCO3)cccc1N1CCC(CCC2(CO)CC2)CC1. The number of hydrogen-bond donors (Lipinski definition) is 1. The molecule has 0 spiro atoms. The Labute approximate surface area is 184 Å². The van der Waals surface area contributed by atoms with Crippen LogP contribution in [0, 0.1) is 22.7 Å². The van der Waals surface area contributed by atoms with Crippen LogP contribution < -0.4 is 14.4 Å². The highest BCUT2D eigenvalue weighted by atomic mass is 16.6. The van der Waals surface area contributed by atoms with Crippen LogP contribution in [0.3, 0.4) is 0 Å². The number of aliphatic hydroxyl groups excluding tert-OH is 1. The summed E-state index contributed by atoms with van der Waals surface area (Å²) in [7, 11) is 0. The van der Waals surface area contributed by atoms with E-state index in [0.717, 1.165) is 72.1 Å². The third-order valence-corrected chi connectivity index (χ3v) is 7.34. The zero-order valence-corrected chi connectivity index (χ0v) is 18.0. The molecule has 162 valence electrons. The van der Waals surface area contributed by atoms with Crippen LogP contribution in [0.2, 0.25) is 0 Å². The lowest BCUT2D eigenvalue weighted by Crippen LogP contribution is -2.34. The van der Waals surface area contributed by atoms with Crippen LogP contribution in [0.25, 0.3) is 11.1 Å². The first-order valence-corrected chi connectivity index (χ1v) is 11.5. The van der Waals surface area contributed by atoms with Crippen molar-refractivity contribution in [3.63, 3.8) is 0 Å². The van der Waals surface area contributed by atoms with Crippen molar-refractivity contribution < 1.29 is 14.6 Å². The number of benzene rings is 2. The monoisotopic (exact) mass is 418 g/mol. The van der Waals surface area contributed by atoms with Gasteiger partial charge < -0.3 is 19.5 Å². The number of aliphatic hydroxyl groups is 1. The summed E-state index contributed by atoms with van der Waals surface area (Å²) < 4.78 is 11.4. The average molecular weight is 419 g/mol. The Morgan fingerprint density at radius 2 is 1.84 bits per heavy atom. The average Bonchev–Trinajstić information content (AvgIpc) is 3.63. The molecule has 2 aromatic carbocycles. The Hall–Kier alpha value is -2.71. The maximum absolute atomic E-state index is 10.0. The highest BCUT2D eigenvalue weighted by Crippen LogP contribution is 2.50. The van der Waals surface area contributed by atoms with Gasteiger partial charge in [-0.25, -0.2) is 0 Å². The van der Waals surface area contributed by atoms with Crippen LogP contribution in [0.15, 0.2) is 36.4 Å². The number of ether oxygens (including phenoxy) is 2. The Morgan fingerprint density at radius 1 is 1.06 bits per heavy atom. The number of nitriles is 1. The molecule has 5 nitrogen and oxygen atoms in total. The summed E-state index contributed by atoms with van der Waals surface area (Å²) in [6.07, 6.45) is 7.08. The predicted molar refractivity (Wildman–Crippen MR) is 121 cm³/mol. The smallest absolute Gasteiger partial charge is 0.161 e. The van der Waals surface area contributed by atoms with Gasteiger partial charge in [-0.3, -0.25) is 0 Å². The van der Waals surface area contributed by atoms with Gasteiger partial charge in [-0.15, -0.1) is 0 Å². The van der Waals surface area contributed by atoms with E-state index in [1.54, 1.807) is 0 Å². The third kappa shape index (κ3) is 4.09. The minimum Gasteiger partial charge on any atom is -0.486 e. The van der Waals surface area contributed by atoms with Crippen LogP contribution in [0.1, 0.15) is 44.1 Å². The number of hydrogen-bond acceptors (Lipinski definition) is 5. The van der Waals surface area contributed by atoms with E-state index in [2.05, 4.69) is 17.0 Å². The lowest BCUT2D eigenvalue weighted by Gasteiger charge is -2.35. The highest BCUT2D eigenvalue weighted by Gasteiger charge is 2.41. The van der Waals surface area contributed by atoms with Crippen LogP contribution in [-0.2, 0) is 0 Å². The molecule has 0 aromatic heterocycles. The quantitative estimate of drug-likeness (QED) is 0.732. The van der Waals surface area contributed by atoms with E-state index in [1.165, 1.54) is 19.3 Å². The highest BCUT2D eigenvalue weighted by molar-refractivity contribution is 5.79. The van der Waals surface area contributed by atoms with E-state index in [0.29, 0.717) is 19.8 Å².